The summed E-state index contributed by atoms with van der Waals surface area (Å²) in [6.45, 7) is 2.11. The van der Waals surface area contributed by atoms with Gasteiger partial charge in [-0.2, -0.15) is 0 Å². The van der Waals surface area contributed by atoms with Crippen molar-refractivity contribution in [1.29, 1.82) is 0 Å². The zero-order chi connectivity index (χ0) is 8.97. The van der Waals surface area contributed by atoms with Gasteiger partial charge in [0.1, 0.15) is 0 Å². The molecule has 0 unspecified atom stereocenters. The van der Waals surface area contributed by atoms with Crippen LogP contribution in [0.1, 0.15) is 12.5 Å². The van der Waals surface area contributed by atoms with Crippen molar-refractivity contribution >= 4 is 12.5 Å². The second-order valence-corrected chi connectivity index (χ2v) is 2.71. The summed E-state index contributed by atoms with van der Waals surface area (Å²) in [7, 11) is 1.33. The fraction of sp³-hybridized carbons (Fsp3) is 0.333. The van der Waals surface area contributed by atoms with E-state index in [1.165, 1.54) is 5.56 Å². The minimum atomic E-state index is -0.291. The van der Waals surface area contributed by atoms with Gasteiger partial charge in [-0.15, -0.1) is 0 Å². The van der Waals surface area contributed by atoms with Crippen LogP contribution in [0.5, 0.6) is 0 Å². The van der Waals surface area contributed by atoms with Crippen molar-refractivity contribution in [2.75, 3.05) is 7.11 Å². The standard InChI is InChI=1S/C9H14BNO/c1-3-8-6-4-5-7-9(8)10(11)12-2/h4-7H,3,11H2,1-2H3. The molecule has 0 bridgehead atoms. The van der Waals surface area contributed by atoms with E-state index in [2.05, 4.69) is 13.0 Å². The van der Waals surface area contributed by atoms with Gasteiger partial charge < -0.3 is 10.3 Å². The van der Waals surface area contributed by atoms with E-state index in [-0.39, 0.29) is 7.05 Å². The van der Waals surface area contributed by atoms with Crippen molar-refractivity contribution in [3.8, 4) is 0 Å². The van der Waals surface area contributed by atoms with Crippen LogP contribution in [-0.2, 0) is 11.1 Å². The topological polar surface area (TPSA) is 35.2 Å². The Labute approximate surface area is 73.9 Å². The van der Waals surface area contributed by atoms with Crippen molar-refractivity contribution < 1.29 is 4.65 Å². The van der Waals surface area contributed by atoms with Gasteiger partial charge in [-0.05, 0) is 17.4 Å². The van der Waals surface area contributed by atoms with Gasteiger partial charge >= 0.3 is 7.05 Å². The fourth-order valence-corrected chi connectivity index (χ4v) is 1.26. The van der Waals surface area contributed by atoms with E-state index in [4.69, 9.17) is 10.3 Å². The number of nitrogens with two attached hydrogens (primary N) is 1. The lowest BCUT2D eigenvalue weighted by Gasteiger charge is -2.09. The maximum absolute atomic E-state index is 5.75. The third-order valence-electron chi connectivity index (χ3n) is 2.00. The molecule has 0 saturated heterocycles. The zero-order valence-corrected chi connectivity index (χ0v) is 7.58. The van der Waals surface area contributed by atoms with Crippen LogP contribution in [0, 0.1) is 0 Å². The van der Waals surface area contributed by atoms with Crippen LogP contribution < -0.4 is 11.1 Å². The van der Waals surface area contributed by atoms with Gasteiger partial charge in [-0.25, -0.2) is 0 Å². The average molecular weight is 163 g/mol. The van der Waals surface area contributed by atoms with Crippen LogP contribution in [0.15, 0.2) is 24.3 Å². The van der Waals surface area contributed by atoms with Gasteiger partial charge in [0, 0.05) is 7.11 Å². The van der Waals surface area contributed by atoms with Crippen molar-refractivity contribution in [3.05, 3.63) is 29.8 Å². The van der Waals surface area contributed by atoms with E-state index in [1.54, 1.807) is 7.11 Å². The molecule has 2 nitrogen and oxygen atoms in total. The Balaban J connectivity index is 2.96. The van der Waals surface area contributed by atoms with Gasteiger partial charge in [0.15, 0.2) is 0 Å². The number of hydrogen-bond acceptors (Lipinski definition) is 2. The van der Waals surface area contributed by atoms with Crippen molar-refractivity contribution in [2.45, 2.75) is 13.3 Å². The fourth-order valence-electron chi connectivity index (χ4n) is 1.26. The molecule has 0 heterocycles. The first-order chi connectivity index (χ1) is 5.79. The maximum Gasteiger partial charge on any atom is 0.413 e. The van der Waals surface area contributed by atoms with Crippen LogP contribution in [-0.4, -0.2) is 14.2 Å². The lowest BCUT2D eigenvalue weighted by molar-refractivity contribution is 0.430. The van der Waals surface area contributed by atoms with Gasteiger partial charge in [0.05, 0.1) is 0 Å². The van der Waals surface area contributed by atoms with E-state index in [0.717, 1.165) is 11.9 Å². The van der Waals surface area contributed by atoms with Gasteiger partial charge in [0.2, 0.25) is 0 Å². The minimum Gasteiger partial charge on any atom is -0.421 e. The van der Waals surface area contributed by atoms with Crippen molar-refractivity contribution in [2.24, 2.45) is 5.64 Å². The molecule has 0 aliphatic heterocycles. The Hall–Kier alpha value is -0.795. The van der Waals surface area contributed by atoms with Gasteiger partial charge in [0.25, 0.3) is 0 Å². The van der Waals surface area contributed by atoms with E-state index in [1.807, 2.05) is 18.2 Å². The normalized spacial score (nSPS) is 9.92. The lowest BCUT2D eigenvalue weighted by atomic mass is 9.72. The van der Waals surface area contributed by atoms with Gasteiger partial charge in [-0.1, -0.05) is 31.2 Å². The third-order valence-corrected chi connectivity index (χ3v) is 2.00. The summed E-state index contributed by atoms with van der Waals surface area (Å²) in [4.78, 5) is 0. The Morgan fingerprint density at radius 3 is 2.67 bits per heavy atom. The minimum absolute atomic E-state index is 0.291. The Bertz CT molecular complexity index is 252. The smallest absolute Gasteiger partial charge is 0.413 e. The first-order valence-electron chi connectivity index (χ1n) is 4.15. The summed E-state index contributed by atoms with van der Waals surface area (Å²) in [5, 5.41) is 0. The summed E-state index contributed by atoms with van der Waals surface area (Å²) in [5.74, 6) is 0. The average Bonchev–Trinajstić information content (AvgIpc) is 2.16. The summed E-state index contributed by atoms with van der Waals surface area (Å²) in [6, 6.07) is 8.08. The number of benzene rings is 1. The van der Waals surface area contributed by atoms with Crippen LogP contribution in [0.4, 0.5) is 0 Å². The van der Waals surface area contributed by atoms with Crippen LogP contribution in [0.25, 0.3) is 0 Å². The molecule has 0 saturated carbocycles. The second kappa shape index (κ2) is 4.29. The molecule has 0 aromatic heterocycles. The molecule has 0 spiro atoms. The summed E-state index contributed by atoms with van der Waals surface area (Å²) >= 11 is 0. The SMILES string of the molecule is CCc1ccccc1B(N)OC. The zero-order valence-electron chi connectivity index (χ0n) is 7.58. The highest BCUT2D eigenvalue weighted by Crippen LogP contribution is 1.97. The molecule has 0 aliphatic carbocycles. The molecule has 3 heteroatoms. The first-order valence-corrected chi connectivity index (χ1v) is 4.15. The van der Waals surface area contributed by atoms with Crippen LogP contribution >= 0.6 is 0 Å². The van der Waals surface area contributed by atoms with E-state index in [0.29, 0.717) is 0 Å². The summed E-state index contributed by atoms with van der Waals surface area (Å²) in [6.07, 6.45) is 0.993. The predicted molar refractivity (Wildman–Crippen MR) is 52.4 cm³/mol. The number of hydrogen-bond donors (Lipinski definition) is 1. The molecule has 0 aliphatic rings. The Kier molecular flexibility index (Phi) is 3.32. The Morgan fingerprint density at radius 2 is 2.08 bits per heavy atom. The Morgan fingerprint density at radius 1 is 1.42 bits per heavy atom. The molecule has 0 fully saturated rings. The van der Waals surface area contributed by atoms with E-state index < -0.39 is 0 Å². The third kappa shape index (κ3) is 1.87. The summed E-state index contributed by atoms with van der Waals surface area (Å²) < 4.78 is 5.06. The quantitative estimate of drug-likeness (QED) is 0.660. The molecule has 2 N–H and O–H groups in total. The molecule has 64 valence electrons. The number of rotatable bonds is 3. The van der Waals surface area contributed by atoms with E-state index in [9.17, 15) is 0 Å². The molecule has 12 heavy (non-hydrogen) atoms. The molecular weight excluding hydrogens is 149 g/mol. The van der Waals surface area contributed by atoms with Crippen LogP contribution in [0.3, 0.4) is 0 Å². The lowest BCUT2D eigenvalue weighted by Crippen LogP contribution is -2.43. The monoisotopic (exact) mass is 163 g/mol. The molecule has 0 atom stereocenters. The molecule has 1 aromatic carbocycles. The van der Waals surface area contributed by atoms with Gasteiger partial charge in [-0.3, -0.25) is 0 Å². The van der Waals surface area contributed by atoms with Crippen molar-refractivity contribution in [1.82, 2.24) is 0 Å². The molecule has 0 radical (unpaired) electrons. The predicted octanol–water partition coefficient (Wildman–Crippen LogP) is 0.549. The molecular formula is C9H14BNO. The number of aryl methyl sites for hydroxylation is 1. The van der Waals surface area contributed by atoms with Crippen molar-refractivity contribution in [3.63, 3.8) is 0 Å². The second-order valence-electron chi connectivity index (χ2n) is 2.71. The largest absolute Gasteiger partial charge is 0.421 e. The van der Waals surface area contributed by atoms with E-state index >= 15 is 0 Å². The maximum atomic E-state index is 5.75. The molecule has 0 amide bonds. The first kappa shape index (κ1) is 9.29. The molecule has 1 rings (SSSR count). The highest BCUT2D eigenvalue weighted by atomic mass is 16.4. The van der Waals surface area contributed by atoms with Crippen LogP contribution in [0.2, 0.25) is 0 Å². The summed E-state index contributed by atoms with van der Waals surface area (Å²) in [5.41, 5.74) is 8.09. The highest BCUT2D eigenvalue weighted by molar-refractivity contribution is 6.64. The highest BCUT2D eigenvalue weighted by Gasteiger charge is 2.13. The molecule has 1 aromatic rings.